The van der Waals surface area contributed by atoms with Gasteiger partial charge in [0.1, 0.15) is 4.32 Å². The Labute approximate surface area is 184 Å². The molecule has 0 radical (unpaired) electrons. The summed E-state index contributed by atoms with van der Waals surface area (Å²) in [6, 6.07) is -0.814. The van der Waals surface area contributed by atoms with Crippen LogP contribution in [0.25, 0.3) is 0 Å². The molecule has 3 N–H and O–H groups in total. The third-order valence-corrected chi connectivity index (χ3v) is 6.20. The van der Waals surface area contributed by atoms with Crippen LogP contribution in [0.1, 0.15) is 131 Å². The lowest BCUT2D eigenvalue weighted by molar-refractivity contribution is -0.122. The van der Waals surface area contributed by atoms with Gasteiger partial charge in [0.25, 0.3) is 0 Å². The summed E-state index contributed by atoms with van der Waals surface area (Å²) in [5.41, 5.74) is 4.81. The van der Waals surface area contributed by atoms with Gasteiger partial charge in [0.2, 0.25) is 5.91 Å². The molecule has 0 aromatic heterocycles. The van der Waals surface area contributed by atoms with E-state index in [4.69, 9.17) is 5.73 Å². The van der Waals surface area contributed by atoms with Crippen LogP contribution in [0.15, 0.2) is 0 Å². The molecule has 0 saturated carbocycles. The number of carbonyl (C=O) groups is 2. The average Bonchev–Trinajstić information content (AvgIpc) is 2.69. The Kier molecular flexibility index (Phi) is 28.0. The number of alkyl halides is 1. The lowest BCUT2D eigenvalue weighted by Gasteiger charge is -2.21. The van der Waals surface area contributed by atoms with Crippen LogP contribution in [0.4, 0.5) is 4.79 Å². The molecule has 0 aliphatic heterocycles. The van der Waals surface area contributed by atoms with Gasteiger partial charge in [-0.15, -0.1) is 0 Å². The second-order valence-electron chi connectivity index (χ2n) is 7.32. The molecule has 3 amide bonds. The minimum atomic E-state index is -0.814. The highest BCUT2D eigenvalue weighted by Gasteiger charge is 2.32. The minimum Gasteiger partial charge on any atom is -0.351 e. The van der Waals surface area contributed by atoms with E-state index in [0.717, 1.165) is 0 Å². The summed E-state index contributed by atoms with van der Waals surface area (Å²) >= 11 is 3.26. The van der Waals surface area contributed by atoms with Gasteiger partial charge in [0, 0.05) is 0 Å². The highest BCUT2D eigenvalue weighted by molar-refractivity contribution is 9.10. The van der Waals surface area contributed by atoms with E-state index in [1.54, 1.807) is 0 Å². The Morgan fingerprint density at radius 3 is 1.21 bits per heavy atom. The first-order chi connectivity index (χ1) is 13.3. The van der Waals surface area contributed by atoms with Gasteiger partial charge in [0.15, 0.2) is 0 Å². The zero-order chi connectivity index (χ0) is 22.3. The molecule has 0 spiro atoms. The summed E-state index contributed by atoms with van der Waals surface area (Å²) < 4.78 is -0.665. The van der Waals surface area contributed by atoms with Crippen molar-refractivity contribution < 1.29 is 9.59 Å². The van der Waals surface area contributed by atoms with Gasteiger partial charge in [-0.1, -0.05) is 135 Å². The predicted molar refractivity (Wildman–Crippen MR) is 128 cm³/mol. The number of hydrogen-bond donors (Lipinski definition) is 2. The Balaban J connectivity index is -0.000000375. The highest BCUT2D eigenvalue weighted by Crippen LogP contribution is 2.26. The molecule has 0 bridgehead atoms. The van der Waals surface area contributed by atoms with Gasteiger partial charge in [-0.25, -0.2) is 4.79 Å². The zero-order valence-electron chi connectivity index (χ0n) is 19.7. The number of rotatable bonds is 13. The molecule has 0 saturated heterocycles. The number of urea groups is 1. The molecule has 0 rings (SSSR count). The SMILES string of the molecule is CCC(Br)(CC)C(=O)NC(N)=O.CCCC.CCCCCCCCCCCC. The van der Waals surface area contributed by atoms with Crippen LogP contribution in [-0.2, 0) is 4.79 Å². The van der Waals surface area contributed by atoms with Crippen molar-refractivity contribution in [1.29, 1.82) is 0 Å². The molecule has 0 aromatic carbocycles. The summed E-state index contributed by atoms with van der Waals surface area (Å²) in [5, 5.41) is 2.04. The molecule has 5 heteroatoms. The molecule has 28 heavy (non-hydrogen) atoms. The van der Waals surface area contributed by atoms with Crippen LogP contribution in [0.3, 0.4) is 0 Å². The number of nitrogens with one attached hydrogen (secondary N) is 1. The first-order valence-electron chi connectivity index (χ1n) is 11.6. The molecule has 0 aliphatic carbocycles. The Morgan fingerprint density at radius 2 is 1.00 bits per heavy atom. The van der Waals surface area contributed by atoms with Crippen LogP contribution < -0.4 is 11.1 Å². The van der Waals surface area contributed by atoms with E-state index in [9.17, 15) is 9.59 Å². The van der Waals surface area contributed by atoms with Crippen molar-refractivity contribution in [1.82, 2.24) is 5.32 Å². The van der Waals surface area contributed by atoms with E-state index in [2.05, 4.69) is 43.6 Å². The molecule has 4 nitrogen and oxygen atoms in total. The van der Waals surface area contributed by atoms with E-state index in [1.807, 2.05) is 19.2 Å². The van der Waals surface area contributed by atoms with Crippen molar-refractivity contribution >= 4 is 27.9 Å². The summed E-state index contributed by atoms with van der Waals surface area (Å²) in [6.45, 7) is 12.6. The monoisotopic (exact) mass is 464 g/mol. The van der Waals surface area contributed by atoms with E-state index in [1.165, 1.54) is 77.0 Å². The first kappa shape index (κ1) is 32.1. The number of hydrogen-bond acceptors (Lipinski definition) is 2. The number of amides is 3. The Hall–Kier alpha value is -0.580. The van der Waals surface area contributed by atoms with Crippen molar-refractivity contribution in [3.63, 3.8) is 0 Å². The topological polar surface area (TPSA) is 72.2 Å². The molecule has 0 aliphatic rings. The second-order valence-corrected chi connectivity index (χ2v) is 8.84. The first-order valence-corrected chi connectivity index (χ1v) is 12.4. The van der Waals surface area contributed by atoms with Gasteiger partial charge in [-0.05, 0) is 12.8 Å². The molecule has 170 valence electrons. The number of nitrogens with two attached hydrogens (primary N) is 1. The average molecular weight is 466 g/mol. The maximum absolute atomic E-state index is 11.3. The third kappa shape index (κ3) is 23.5. The normalized spacial score (nSPS) is 10.2. The maximum Gasteiger partial charge on any atom is 0.318 e. The molecule has 0 aromatic rings. The van der Waals surface area contributed by atoms with Crippen LogP contribution in [-0.4, -0.2) is 16.3 Å². The quantitative estimate of drug-likeness (QED) is 0.215. The largest absolute Gasteiger partial charge is 0.351 e. The van der Waals surface area contributed by atoms with E-state index in [-0.39, 0.29) is 5.91 Å². The van der Waals surface area contributed by atoms with Crippen LogP contribution in [0.5, 0.6) is 0 Å². The Morgan fingerprint density at radius 1 is 0.679 bits per heavy atom. The van der Waals surface area contributed by atoms with Crippen LogP contribution >= 0.6 is 15.9 Å². The summed E-state index contributed by atoms with van der Waals surface area (Å²) in [5.74, 6) is -0.375. The van der Waals surface area contributed by atoms with Crippen LogP contribution in [0, 0.1) is 0 Å². The van der Waals surface area contributed by atoms with E-state index in [0.29, 0.717) is 12.8 Å². The van der Waals surface area contributed by atoms with Crippen molar-refractivity contribution in [3.8, 4) is 0 Å². The highest BCUT2D eigenvalue weighted by atomic mass is 79.9. The summed E-state index contributed by atoms with van der Waals surface area (Å²) in [4.78, 5) is 21.6. The molecule has 0 fully saturated rings. The molecule has 0 atom stereocenters. The molecular formula is C23H49BrN2O2. The number of carbonyl (C=O) groups excluding carboxylic acids is 2. The van der Waals surface area contributed by atoms with E-state index < -0.39 is 10.4 Å². The van der Waals surface area contributed by atoms with E-state index >= 15 is 0 Å². The predicted octanol–water partition coefficient (Wildman–Crippen LogP) is 7.87. The molecule has 0 unspecified atom stereocenters. The van der Waals surface area contributed by atoms with Crippen LogP contribution in [0.2, 0.25) is 0 Å². The van der Waals surface area contributed by atoms with Gasteiger partial charge in [0.05, 0.1) is 0 Å². The fourth-order valence-electron chi connectivity index (χ4n) is 2.36. The van der Waals surface area contributed by atoms with Crippen molar-refractivity contribution in [2.24, 2.45) is 5.73 Å². The zero-order valence-corrected chi connectivity index (χ0v) is 21.3. The van der Waals surface area contributed by atoms with Crippen molar-refractivity contribution in [2.45, 2.75) is 136 Å². The lowest BCUT2D eigenvalue weighted by atomic mass is 10.0. The van der Waals surface area contributed by atoms with Crippen molar-refractivity contribution in [3.05, 3.63) is 0 Å². The number of unbranched alkanes of at least 4 members (excludes halogenated alkanes) is 10. The van der Waals surface area contributed by atoms with Gasteiger partial charge in [-0.3, -0.25) is 10.1 Å². The fourth-order valence-corrected chi connectivity index (χ4v) is 2.45. The number of halogens is 1. The van der Waals surface area contributed by atoms with Gasteiger partial charge >= 0.3 is 6.03 Å². The van der Waals surface area contributed by atoms with Crippen molar-refractivity contribution in [2.75, 3.05) is 0 Å². The smallest absolute Gasteiger partial charge is 0.318 e. The number of primary amides is 1. The third-order valence-electron chi connectivity index (χ3n) is 4.72. The minimum absolute atomic E-state index is 0.375. The number of imide groups is 1. The molecular weight excluding hydrogens is 416 g/mol. The Bertz CT molecular complexity index is 333. The van der Waals surface area contributed by atoms with Gasteiger partial charge < -0.3 is 5.73 Å². The maximum atomic E-state index is 11.3. The van der Waals surface area contributed by atoms with Gasteiger partial charge in [-0.2, -0.15) is 0 Å². The lowest BCUT2D eigenvalue weighted by Crippen LogP contribution is -2.46. The fraction of sp³-hybridized carbons (Fsp3) is 0.913. The summed E-state index contributed by atoms with van der Waals surface area (Å²) in [7, 11) is 0. The second kappa shape index (κ2) is 24.5. The standard InChI is InChI=1S/C12H26.C7H13BrN2O2.C4H10/c1-3-5-7-9-11-12-10-8-6-4-2;1-3-7(8,4-2)5(11)10-6(9)12;1-3-4-2/h3-12H2,1-2H3;3-4H2,1-2H3,(H3,9,10,11,12);3-4H2,1-2H3. The molecule has 0 heterocycles. The summed E-state index contributed by atoms with van der Waals surface area (Å²) in [6.07, 6.45) is 18.3.